The van der Waals surface area contributed by atoms with Gasteiger partial charge in [-0.2, -0.15) is 13.2 Å². The molecule has 3 aromatic rings. The first-order chi connectivity index (χ1) is 19.0. The molecule has 0 spiro atoms. The molecule has 0 aromatic heterocycles. The van der Waals surface area contributed by atoms with Crippen LogP contribution in [0.3, 0.4) is 0 Å². The number of benzene rings is 3. The van der Waals surface area contributed by atoms with Crippen LogP contribution >= 0.6 is 0 Å². The average Bonchev–Trinajstić information content (AvgIpc) is 3.39. The number of methoxy groups -OCH3 is 1. The van der Waals surface area contributed by atoms with Crippen molar-refractivity contribution in [1.29, 1.82) is 0 Å². The second-order valence-corrected chi connectivity index (χ2v) is 8.37. The summed E-state index contributed by atoms with van der Waals surface area (Å²) >= 11 is 0. The lowest BCUT2D eigenvalue weighted by Gasteiger charge is -2.27. The average molecular weight is 554 g/mol. The number of imide groups is 2. The number of anilines is 1. The summed E-state index contributed by atoms with van der Waals surface area (Å²) in [5.41, 5.74) is -1.57. The van der Waals surface area contributed by atoms with Crippen LogP contribution in [0.4, 0.5) is 23.7 Å². The fraction of sp³-hybridized carbons (Fsp3) is 0.111. The lowest BCUT2D eigenvalue weighted by atomic mass is 10.1. The highest BCUT2D eigenvalue weighted by atomic mass is 19.4. The van der Waals surface area contributed by atoms with E-state index in [4.69, 9.17) is 18.9 Å². The van der Waals surface area contributed by atoms with Gasteiger partial charge in [-0.15, -0.1) is 0 Å². The number of amides is 4. The number of carbonyl (C=O) groups is 4. The summed E-state index contributed by atoms with van der Waals surface area (Å²) in [4.78, 5) is 51.1. The summed E-state index contributed by atoms with van der Waals surface area (Å²) in [5, 5.41) is 1.95. The van der Waals surface area contributed by atoms with Crippen molar-refractivity contribution in [3.05, 3.63) is 82.9 Å². The number of hydrogen-bond donors (Lipinski definition) is 1. The van der Waals surface area contributed by atoms with Crippen LogP contribution in [-0.2, 0) is 15.8 Å². The number of ether oxygens (including phenoxy) is 4. The Morgan fingerprint density at radius 3 is 2.50 bits per heavy atom. The third-order valence-corrected chi connectivity index (χ3v) is 5.84. The summed E-state index contributed by atoms with van der Waals surface area (Å²) in [6.45, 7) is 0.0328. The normalized spacial score (nSPS) is 15.8. The fourth-order valence-corrected chi connectivity index (χ4v) is 3.92. The molecular weight excluding hydrogens is 537 g/mol. The van der Waals surface area contributed by atoms with E-state index in [0.29, 0.717) is 22.5 Å². The monoisotopic (exact) mass is 554 g/mol. The number of halogens is 3. The van der Waals surface area contributed by atoms with Crippen molar-refractivity contribution in [2.24, 2.45) is 0 Å². The number of urea groups is 1. The zero-order valence-electron chi connectivity index (χ0n) is 20.4. The zero-order chi connectivity index (χ0) is 28.6. The number of esters is 1. The van der Waals surface area contributed by atoms with Gasteiger partial charge in [-0.1, -0.05) is 12.1 Å². The van der Waals surface area contributed by atoms with Crippen molar-refractivity contribution in [2.45, 2.75) is 6.18 Å². The molecule has 1 fully saturated rings. The quantitative estimate of drug-likeness (QED) is 0.214. The Labute approximate surface area is 223 Å². The molecule has 2 aliphatic heterocycles. The van der Waals surface area contributed by atoms with Gasteiger partial charge in [-0.25, -0.2) is 14.5 Å². The van der Waals surface area contributed by atoms with E-state index in [9.17, 15) is 32.3 Å². The second kappa shape index (κ2) is 10.1. The molecule has 13 heteroatoms. The topological polar surface area (TPSA) is 120 Å². The van der Waals surface area contributed by atoms with Crippen LogP contribution in [0, 0.1) is 0 Å². The Kier molecular flexibility index (Phi) is 6.63. The summed E-state index contributed by atoms with van der Waals surface area (Å²) in [5.74, 6) is -1.94. The van der Waals surface area contributed by atoms with Gasteiger partial charge in [-0.05, 0) is 60.2 Å². The summed E-state index contributed by atoms with van der Waals surface area (Å²) in [6.07, 6.45) is -3.60. The minimum Gasteiger partial charge on any atom is -0.493 e. The SMILES string of the molecule is COc1cc(/C=C2\C(=O)NC(=O)N(c3cccc(C(F)(F)F)c3)C2=O)ccc1OC(=O)c1ccc2c(c1)OCO2. The molecule has 0 atom stereocenters. The molecule has 3 aromatic carbocycles. The predicted octanol–water partition coefficient (Wildman–Crippen LogP) is 4.33. The van der Waals surface area contributed by atoms with Gasteiger partial charge in [0.25, 0.3) is 11.8 Å². The lowest BCUT2D eigenvalue weighted by molar-refractivity contribution is -0.137. The Morgan fingerprint density at radius 1 is 0.975 bits per heavy atom. The van der Waals surface area contributed by atoms with Crippen LogP contribution in [0.25, 0.3) is 6.08 Å². The molecule has 0 unspecified atom stereocenters. The van der Waals surface area contributed by atoms with Crippen molar-refractivity contribution >= 4 is 35.6 Å². The van der Waals surface area contributed by atoms with Gasteiger partial charge in [0.15, 0.2) is 23.0 Å². The fourth-order valence-electron chi connectivity index (χ4n) is 3.92. The first kappa shape index (κ1) is 26.3. The highest BCUT2D eigenvalue weighted by Crippen LogP contribution is 2.35. The van der Waals surface area contributed by atoms with E-state index in [1.54, 1.807) is 6.07 Å². The number of alkyl halides is 3. The molecule has 0 radical (unpaired) electrons. The van der Waals surface area contributed by atoms with Gasteiger partial charge in [0, 0.05) is 0 Å². The molecule has 0 aliphatic carbocycles. The molecule has 5 rings (SSSR count). The molecule has 40 heavy (non-hydrogen) atoms. The molecule has 4 amide bonds. The van der Waals surface area contributed by atoms with Crippen molar-refractivity contribution in [3.63, 3.8) is 0 Å². The molecule has 10 nitrogen and oxygen atoms in total. The van der Waals surface area contributed by atoms with Gasteiger partial charge < -0.3 is 18.9 Å². The Morgan fingerprint density at radius 2 is 1.75 bits per heavy atom. The molecule has 0 bridgehead atoms. The highest BCUT2D eigenvalue weighted by molar-refractivity contribution is 6.39. The van der Waals surface area contributed by atoms with Crippen LogP contribution in [-0.4, -0.2) is 37.7 Å². The number of hydrogen-bond acceptors (Lipinski definition) is 8. The summed E-state index contributed by atoms with van der Waals surface area (Å²) < 4.78 is 60.7. The Balaban J connectivity index is 1.41. The molecule has 204 valence electrons. The number of carbonyl (C=O) groups excluding carboxylic acids is 4. The van der Waals surface area contributed by atoms with Crippen LogP contribution in [0.1, 0.15) is 21.5 Å². The third kappa shape index (κ3) is 5.04. The van der Waals surface area contributed by atoms with Gasteiger partial charge in [0.05, 0.1) is 23.9 Å². The lowest BCUT2D eigenvalue weighted by Crippen LogP contribution is -2.54. The largest absolute Gasteiger partial charge is 0.493 e. The van der Waals surface area contributed by atoms with Gasteiger partial charge >= 0.3 is 18.2 Å². The number of rotatable bonds is 5. The van der Waals surface area contributed by atoms with E-state index < -0.39 is 41.1 Å². The van der Waals surface area contributed by atoms with Crippen molar-refractivity contribution in [3.8, 4) is 23.0 Å². The van der Waals surface area contributed by atoms with Crippen LogP contribution < -0.4 is 29.2 Å². The van der Waals surface area contributed by atoms with E-state index in [-0.39, 0.29) is 35.1 Å². The smallest absolute Gasteiger partial charge is 0.416 e. The Bertz CT molecular complexity index is 1600. The first-order valence-electron chi connectivity index (χ1n) is 11.4. The van der Waals surface area contributed by atoms with Gasteiger partial charge in [0.2, 0.25) is 6.79 Å². The van der Waals surface area contributed by atoms with Crippen LogP contribution in [0.15, 0.2) is 66.2 Å². The molecule has 1 saturated heterocycles. The molecule has 0 saturated carbocycles. The minimum absolute atomic E-state index is 0.0208. The maximum absolute atomic E-state index is 13.2. The van der Waals surface area contributed by atoms with Crippen LogP contribution in [0.2, 0.25) is 0 Å². The van der Waals surface area contributed by atoms with E-state index in [1.165, 1.54) is 37.4 Å². The molecule has 2 heterocycles. The zero-order valence-corrected chi connectivity index (χ0v) is 20.4. The Hall–Kier alpha value is -5.33. The number of fused-ring (bicyclic) bond motifs is 1. The molecular formula is C27H17F3N2O8. The molecule has 2 aliphatic rings. The summed E-state index contributed by atoms with van der Waals surface area (Å²) in [6, 6.07) is 11.0. The third-order valence-electron chi connectivity index (χ3n) is 5.84. The van der Waals surface area contributed by atoms with E-state index in [1.807, 2.05) is 5.32 Å². The van der Waals surface area contributed by atoms with Crippen molar-refractivity contribution in [1.82, 2.24) is 5.32 Å². The van der Waals surface area contributed by atoms with Crippen molar-refractivity contribution < 1.29 is 51.3 Å². The minimum atomic E-state index is -4.72. The van der Waals surface area contributed by atoms with Gasteiger partial charge in [0.1, 0.15) is 5.57 Å². The van der Waals surface area contributed by atoms with E-state index in [0.717, 1.165) is 24.3 Å². The van der Waals surface area contributed by atoms with E-state index >= 15 is 0 Å². The second-order valence-electron chi connectivity index (χ2n) is 8.37. The maximum Gasteiger partial charge on any atom is 0.416 e. The molecule has 1 N–H and O–H groups in total. The van der Waals surface area contributed by atoms with Crippen LogP contribution in [0.5, 0.6) is 23.0 Å². The maximum atomic E-state index is 13.2. The van der Waals surface area contributed by atoms with Gasteiger partial charge in [-0.3, -0.25) is 14.9 Å². The standard InChI is InChI=1S/C27H17F3N2O8/c1-37-21-10-14(5-7-20(21)40-25(35)15-6-8-19-22(11-15)39-13-38-19)9-18-23(33)31-26(36)32(24(18)34)17-4-2-3-16(12-17)27(28,29)30/h2-12H,13H2,1H3,(H,31,33,36)/b18-9+. The highest BCUT2D eigenvalue weighted by Gasteiger charge is 2.38. The first-order valence-corrected chi connectivity index (χ1v) is 11.4. The number of barbiturate groups is 1. The van der Waals surface area contributed by atoms with E-state index in [2.05, 4.69) is 0 Å². The predicted molar refractivity (Wildman–Crippen MR) is 131 cm³/mol. The number of nitrogens with one attached hydrogen (secondary N) is 1. The number of nitrogens with zero attached hydrogens (tertiary/aromatic N) is 1. The van der Waals surface area contributed by atoms with Crippen molar-refractivity contribution in [2.75, 3.05) is 18.8 Å². The summed E-state index contributed by atoms with van der Waals surface area (Å²) in [7, 11) is 1.30.